The lowest BCUT2D eigenvalue weighted by molar-refractivity contribution is 0.0160. The van der Waals surface area contributed by atoms with E-state index >= 15 is 0 Å². The van der Waals surface area contributed by atoms with Gasteiger partial charge in [-0.05, 0) is 39.2 Å². The van der Waals surface area contributed by atoms with Crippen molar-refractivity contribution in [2.45, 2.75) is 51.9 Å². The van der Waals surface area contributed by atoms with Crippen LogP contribution in [-0.4, -0.2) is 53.3 Å². The topological polar surface area (TPSA) is 59.1 Å². The standard InChI is InChI=1S/C21H30N2O4/c1-5-10-18-15-22(19(24)26-16-17-11-7-6-8-12-17)13-9-14-23(18)20(25)27-21(2,3)4/h5-8,11-12,18H,1,9-10,13-16H2,2-4H3. The maximum Gasteiger partial charge on any atom is 0.410 e. The zero-order valence-electron chi connectivity index (χ0n) is 16.5. The number of rotatable bonds is 4. The van der Waals surface area contributed by atoms with Gasteiger partial charge in [0.25, 0.3) is 0 Å². The van der Waals surface area contributed by atoms with Crippen LogP contribution in [0.4, 0.5) is 9.59 Å². The van der Waals surface area contributed by atoms with Crippen LogP contribution in [0.5, 0.6) is 0 Å². The molecule has 1 atom stereocenters. The minimum atomic E-state index is -0.559. The second-order valence-corrected chi connectivity index (χ2v) is 7.69. The van der Waals surface area contributed by atoms with Gasteiger partial charge in [0.1, 0.15) is 12.2 Å². The predicted octanol–water partition coefficient (Wildman–Crippen LogP) is 4.21. The van der Waals surface area contributed by atoms with E-state index in [-0.39, 0.29) is 24.8 Å². The van der Waals surface area contributed by atoms with E-state index < -0.39 is 5.60 Å². The molecule has 1 heterocycles. The van der Waals surface area contributed by atoms with Crippen LogP contribution in [0.15, 0.2) is 43.0 Å². The molecular formula is C21H30N2O4. The smallest absolute Gasteiger partial charge is 0.410 e. The highest BCUT2D eigenvalue weighted by Crippen LogP contribution is 2.19. The molecule has 0 N–H and O–H groups in total. The van der Waals surface area contributed by atoms with E-state index in [0.29, 0.717) is 32.5 Å². The van der Waals surface area contributed by atoms with Crippen molar-refractivity contribution in [1.29, 1.82) is 0 Å². The molecule has 2 rings (SSSR count). The zero-order chi connectivity index (χ0) is 19.9. The van der Waals surface area contributed by atoms with Crippen molar-refractivity contribution >= 4 is 12.2 Å². The van der Waals surface area contributed by atoms with Crippen molar-refractivity contribution < 1.29 is 19.1 Å². The lowest BCUT2D eigenvalue weighted by atomic mass is 10.1. The van der Waals surface area contributed by atoms with Crippen LogP contribution < -0.4 is 0 Å². The first-order chi connectivity index (χ1) is 12.8. The summed E-state index contributed by atoms with van der Waals surface area (Å²) in [4.78, 5) is 28.5. The summed E-state index contributed by atoms with van der Waals surface area (Å²) in [6.07, 6.45) is 2.31. The van der Waals surface area contributed by atoms with Gasteiger partial charge < -0.3 is 19.3 Å². The average molecular weight is 374 g/mol. The van der Waals surface area contributed by atoms with E-state index in [2.05, 4.69) is 6.58 Å². The second kappa shape index (κ2) is 9.44. The average Bonchev–Trinajstić information content (AvgIpc) is 2.82. The molecule has 0 saturated carbocycles. The zero-order valence-corrected chi connectivity index (χ0v) is 16.5. The molecule has 1 aromatic rings. The SMILES string of the molecule is C=CCC1CN(C(=O)OCc2ccccc2)CCCN1C(=O)OC(C)(C)C. The third-order valence-electron chi connectivity index (χ3n) is 4.23. The summed E-state index contributed by atoms with van der Waals surface area (Å²) in [6, 6.07) is 9.40. The van der Waals surface area contributed by atoms with E-state index in [4.69, 9.17) is 9.47 Å². The quantitative estimate of drug-likeness (QED) is 0.741. The van der Waals surface area contributed by atoms with E-state index in [1.165, 1.54) is 0 Å². The normalized spacial score (nSPS) is 17.8. The third-order valence-corrected chi connectivity index (χ3v) is 4.23. The summed E-state index contributed by atoms with van der Waals surface area (Å²) >= 11 is 0. The molecule has 148 valence electrons. The van der Waals surface area contributed by atoms with E-state index in [9.17, 15) is 9.59 Å². The number of carbonyl (C=O) groups excluding carboxylic acids is 2. The first-order valence-corrected chi connectivity index (χ1v) is 9.36. The summed E-state index contributed by atoms with van der Waals surface area (Å²) in [6.45, 7) is 11.0. The van der Waals surface area contributed by atoms with Gasteiger partial charge in [-0.25, -0.2) is 9.59 Å². The van der Waals surface area contributed by atoms with Gasteiger partial charge in [0.15, 0.2) is 0 Å². The van der Waals surface area contributed by atoms with Crippen molar-refractivity contribution in [1.82, 2.24) is 9.80 Å². The minimum absolute atomic E-state index is 0.177. The molecule has 1 aliphatic rings. The summed E-state index contributed by atoms with van der Waals surface area (Å²) in [5.41, 5.74) is 0.384. The fourth-order valence-corrected chi connectivity index (χ4v) is 2.99. The second-order valence-electron chi connectivity index (χ2n) is 7.69. The first kappa shape index (κ1) is 20.8. The van der Waals surface area contributed by atoms with Gasteiger partial charge in [0.2, 0.25) is 0 Å². The largest absolute Gasteiger partial charge is 0.445 e. The van der Waals surface area contributed by atoms with Gasteiger partial charge in [-0.15, -0.1) is 6.58 Å². The van der Waals surface area contributed by atoms with Gasteiger partial charge in [-0.1, -0.05) is 36.4 Å². The van der Waals surface area contributed by atoms with Crippen molar-refractivity contribution in [2.75, 3.05) is 19.6 Å². The Morgan fingerprint density at radius 3 is 2.52 bits per heavy atom. The van der Waals surface area contributed by atoms with E-state index in [1.54, 1.807) is 15.9 Å². The number of nitrogens with zero attached hydrogens (tertiary/aromatic N) is 2. The molecule has 1 unspecified atom stereocenters. The van der Waals surface area contributed by atoms with Crippen LogP contribution in [0.25, 0.3) is 0 Å². The Balaban J connectivity index is 2.00. The predicted molar refractivity (Wildman–Crippen MR) is 104 cm³/mol. The van der Waals surface area contributed by atoms with Gasteiger partial charge in [0.05, 0.1) is 6.04 Å². The maximum atomic E-state index is 12.6. The molecule has 2 amide bonds. The van der Waals surface area contributed by atoms with Crippen molar-refractivity contribution in [3.8, 4) is 0 Å². The molecule has 6 nitrogen and oxygen atoms in total. The van der Waals surface area contributed by atoms with Crippen LogP contribution in [0.2, 0.25) is 0 Å². The molecule has 1 fully saturated rings. The molecule has 0 radical (unpaired) electrons. The molecule has 0 aliphatic carbocycles. The lowest BCUT2D eigenvalue weighted by Gasteiger charge is -2.32. The van der Waals surface area contributed by atoms with Gasteiger partial charge in [-0.2, -0.15) is 0 Å². The minimum Gasteiger partial charge on any atom is -0.445 e. The van der Waals surface area contributed by atoms with Crippen molar-refractivity contribution in [2.24, 2.45) is 0 Å². The van der Waals surface area contributed by atoms with Crippen molar-refractivity contribution in [3.05, 3.63) is 48.6 Å². The Kier molecular flexibility index (Phi) is 7.28. The summed E-state index contributed by atoms with van der Waals surface area (Å²) in [5, 5.41) is 0. The van der Waals surface area contributed by atoms with Crippen LogP contribution >= 0.6 is 0 Å². The molecule has 27 heavy (non-hydrogen) atoms. The molecule has 1 saturated heterocycles. The third kappa shape index (κ3) is 6.62. The number of benzene rings is 1. The van der Waals surface area contributed by atoms with Crippen LogP contribution in [0.3, 0.4) is 0 Å². The number of carbonyl (C=O) groups is 2. The fraction of sp³-hybridized carbons (Fsp3) is 0.524. The number of ether oxygens (including phenoxy) is 2. The highest BCUT2D eigenvalue weighted by Gasteiger charge is 2.32. The molecule has 1 aromatic carbocycles. The van der Waals surface area contributed by atoms with Crippen LogP contribution in [0, 0.1) is 0 Å². The Labute approximate surface area is 161 Å². The van der Waals surface area contributed by atoms with Gasteiger partial charge in [-0.3, -0.25) is 0 Å². The Bertz CT molecular complexity index is 639. The molecular weight excluding hydrogens is 344 g/mol. The van der Waals surface area contributed by atoms with Gasteiger partial charge >= 0.3 is 12.2 Å². The molecule has 6 heteroatoms. The molecule has 0 bridgehead atoms. The highest BCUT2D eigenvalue weighted by molar-refractivity contribution is 5.70. The Morgan fingerprint density at radius 2 is 1.89 bits per heavy atom. The fourth-order valence-electron chi connectivity index (χ4n) is 2.99. The van der Waals surface area contributed by atoms with Crippen LogP contribution in [0.1, 0.15) is 39.2 Å². The van der Waals surface area contributed by atoms with E-state index in [0.717, 1.165) is 5.56 Å². The monoisotopic (exact) mass is 374 g/mol. The maximum absolute atomic E-state index is 12.6. The van der Waals surface area contributed by atoms with Gasteiger partial charge in [0, 0.05) is 19.6 Å². The summed E-state index contributed by atoms with van der Waals surface area (Å²) in [7, 11) is 0. The molecule has 0 aromatic heterocycles. The molecule has 0 spiro atoms. The number of amides is 2. The van der Waals surface area contributed by atoms with E-state index in [1.807, 2.05) is 51.1 Å². The van der Waals surface area contributed by atoms with Crippen molar-refractivity contribution in [3.63, 3.8) is 0 Å². The molecule has 1 aliphatic heterocycles. The first-order valence-electron chi connectivity index (χ1n) is 9.36. The summed E-state index contributed by atoms with van der Waals surface area (Å²) < 4.78 is 11.0. The highest BCUT2D eigenvalue weighted by atomic mass is 16.6. The van der Waals surface area contributed by atoms with Crippen LogP contribution in [-0.2, 0) is 16.1 Å². The Hall–Kier alpha value is -2.50. The lowest BCUT2D eigenvalue weighted by Crippen LogP contribution is -2.47. The Morgan fingerprint density at radius 1 is 1.19 bits per heavy atom. The summed E-state index contributed by atoms with van der Waals surface area (Å²) in [5.74, 6) is 0. The number of hydrogen-bond donors (Lipinski definition) is 0. The number of hydrogen-bond acceptors (Lipinski definition) is 4.